The Morgan fingerprint density at radius 1 is 0.743 bits per heavy atom. The molecule has 1 aliphatic carbocycles. The van der Waals surface area contributed by atoms with Crippen LogP contribution in [0.2, 0.25) is 0 Å². The van der Waals surface area contributed by atoms with Crippen molar-refractivity contribution in [2.75, 3.05) is 13.1 Å². The Kier molecular flexibility index (Phi) is 8.65. The second-order valence-corrected chi connectivity index (χ2v) is 8.72. The summed E-state index contributed by atoms with van der Waals surface area (Å²) in [6.45, 7) is 1.12. The topological polar surface area (TPSA) is 82.6 Å². The molecule has 2 aromatic carbocycles. The Morgan fingerprint density at radius 2 is 1.37 bits per heavy atom. The van der Waals surface area contributed by atoms with Crippen molar-refractivity contribution in [2.24, 2.45) is 4.99 Å². The van der Waals surface area contributed by atoms with E-state index in [9.17, 15) is 9.59 Å². The van der Waals surface area contributed by atoms with E-state index in [2.05, 4.69) is 16.0 Å². The Hall–Kier alpha value is -3.93. The molecule has 1 unspecified atom stereocenters. The van der Waals surface area contributed by atoms with Crippen molar-refractivity contribution in [3.05, 3.63) is 108 Å². The molecule has 0 spiro atoms. The van der Waals surface area contributed by atoms with E-state index < -0.39 is 12.1 Å². The third kappa shape index (κ3) is 7.27. The first kappa shape index (κ1) is 24.2. The summed E-state index contributed by atoms with van der Waals surface area (Å²) in [6.07, 6.45) is 12.1. The lowest BCUT2D eigenvalue weighted by atomic mass is 10.0. The fourth-order valence-electron chi connectivity index (χ4n) is 4.14. The molecule has 4 rings (SSSR count). The molecule has 35 heavy (non-hydrogen) atoms. The maximum absolute atomic E-state index is 13.2. The lowest BCUT2D eigenvalue weighted by Crippen LogP contribution is -2.47. The van der Waals surface area contributed by atoms with Gasteiger partial charge in [-0.25, -0.2) is 0 Å². The summed E-state index contributed by atoms with van der Waals surface area (Å²) in [6, 6.07) is 18.9. The third-order valence-electron chi connectivity index (χ3n) is 6.02. The van der Waals surface area contributed by atoms with Gasteiger partial charge in [0.25, 0.3) is 0 Å². The van der Waals surface area contributed by atoms with Crippen molar-refractivity contribution >= 4 is 17.5 Å². The van der Waals surface area contributed by atoms with Gasteiger partial charge in [-0.2, -0.15) is 0 Å². The molecule has 180 valence electrons. The zero-order valence-electron chi connectivity index (χ0n) is 19.8. The zero-order chi connectivity index (χ0) is 24.3. The van der Waals surface area contributed by atoms with Crippen LogP contribution in [0.25, 0.3) is 0 Å². The lowest BCUT2D eigenvalue weighted by molar-refractivity contribution is -0.123. The lowest BCUT2D eigenvalue weighted by Gasteiger charge is -2.23. The molecule has 6 heteroatoms. The van der Waals surface area contributed by atoms with Crippen molar-refractivity contribution in [2.45, 2.75) is 37.8 Å². The van der Waals surface area contributed by atoms with Gasteiger partial charge in [0.15, 0.2) is 0 Å². The smallest absolute Gasteiger partial charge is 0.245 e. The third-order valence-corrected chi connectivity index (χ3v) is 6.02. The predicted molar refractivity (Wildman–Crippen MR) is 140 cm³/mol. The fourth-order valence-corrected chi connectivity index (χ4v) is 4.14. The molecule has 0 aromatic heterocycles. The van der Waals surface area contributed by atoms with Crippen LogP contribution in [0.3, 0.4) is 0 Å². The summed E-state index contributed by atoms with van der Waals surface area (Å²) >= 11 is 0. The van der Waals surface area contributed by atoms with Gasteiger partial charge in [-0.3, -0.25) is 14.6 Å². The van der Waals surface area contributed by atoms with Gasteiger partial charge in [-0.1, -0.05) is 78.9 Å². The molecule has 2 atom stereocenters. The van der Waals surface area contributed by atoms with Crippen LogP contribution in [0, 0.1) is 0 Å². The number of hydrogen-bond donors (Lipinski definition) is 3. The van der Waals surface area contributed by atoms with Gasteiger partial charge < -0.3 is 16.0 Å². The van der Waals surface area contributed by atoms with Crippen LogP contribution in [0.4, 0.5) is 0 Å². The number of nitrogens with one attached hydrogen (secondary N) is 3. The minimum absolute atomic E-state index is 0.0479. The van der Waals surface area contributed by atoms with E-state index >= 15 is 0 Å². The molecule has 0 saturated heterocycles. The van der Waals surface area contributed by atoms with Crippen molar-refractivity contribution in [1.82, 2.24) is 16.0 Å². The van der Waals surface area contributed by atoms with Crippen molar-refractivity contribution < 1.29 is 9.59 Å². The minimum Gasteiger partial charge on any atom is -0.372 e. The maximum atomic E-state index is 13.2. The quantitative estimate of drug-likeness (QED) is 0.644. The monoisotopic (exact) mass is 468 g/mol. The van der Waals surface area contributed by atoms with Crippen LogP contribution < -0.4 is 16.0 Å². The van der Waals surface area contributed by atoms with Gasteiger partial charge in [0, 0.05) is 25.9 Å². The van der Waals surface area contributed by atoms with Crippen LogP contribution in [0.15, 0.2) is 102 Å². The van der Waals surface area contributed by atoms with Crippen LogP contribution >= 0.6 is 0 Å². The van der Waals surface area contributed by atoms with Crippen LogP contribution in [-0.4, -0.2) is 42.7 Å². The van der Waals surface area contributed by atoms with E-state index in [-0.39, 0.29) is 11.8 Å². The van der Waals surface area contributed by atoms with Gasteiger partial charge in [0.05, 0.1) is 11.4 Å². The van der Waals surface area contributed by atoms with E-state index in [1.807, 2.05) is 91.0 Å². The summed E-state index contributed by atoms with van der Waals surface area (Å²) in [4.78, 5) is 31.2. The molecule has 1 heterocycles. The average Bonchev–Trinajstić information content (AvgIpc) is 3.10. The van der Waals surface area contributed by atoms with Crippen molar-refractivity contribution in [1.29, 1.82) is 0 Å². The summed E-state index contributed by atoms with van der Waals surface area (Å²) in [5, 5.41) is 9.52. The van der Waals surface area contributed by atoms with Crippen molar-refractivity contribution in [3.63, 3.8) is 0 Å². The van der Waals surface area contributed by atoms with E-state index in [0.29, 0.717) is 37.3 Å². The second-order valence-electron chi connectivity index (χ2n) is 8.72. The Balaban J connectivity index is 1.67. The number of hydrogen-bond acceptors (Lipinski definition) is 4. The first-order valence-corrected chi connectivity index (χ1v) is 12.2. The molecular weight excluding hydrogens is 436 g/mol. The van der Waals surface area contributed by atoms with Gasteiger partial charge in [0.2, 0.25) is 11.8 Å². The van der Waals surface area contributed by atoms with Gasteiger partial charge >= 0.3 is 0 Å². The average molecular weight is 469 g/mol. The van der Waals surface area contributed by atoms with Gasteiger partial charge in [-0.15, -0.1) is 0 Å². The number of amides is 2. The van der Waals surface area contributed by atoms with Crippen LogP contribution in [0.5, 0.6) is 0 Å². The predicted octanol–water partition coefficient (Wildman–Crippen LogP) is 3.28. The highest BCUT2D eigenvalue weighted by molar-refractivity contribution is 6.10. The molecule has 6 nitrogen and oxygen atoms in total. The number of benzene rings is 2. The number of carbonyl (C=O) groups excluding carboxylic acids is 2. The summed E-state index contributed by atoms with van der Waals surface area (Å²) in [5.41, 5.74) is 3.48. The summed E-state index contributed by atoms with van der Waals surface area (Å²) in [7, 11) is 0. The molecule has 0 fully saturated rings. The van der Waals surface area contributed by atoms with Crippen molar-refractivity contribution in [3.8, 4) is 0 Å². The van der Waals surface area contributed by atoms with E-state index in [4.69, 9.17) is 4.99 Å². The molecule has 0 radical (unpaired) electrons. The maximum Gasteiger partial charge on any atom is 0.245 e. The van der Waals surface area contributed by atoms with E-state index in [1.165, 1.54) is 0 Å². The van der Waals surface area contributed by atoms with Gasteiger partial charge in [0.1, 0.15) is 12.1 Å². The molecule has 3 N–H and O–H groups in total. The number of aliphatic imine (C=N–C) groups is 1. The van der Waals surface area contributed by atoms with E-state index in [1.54, 1.807) is 0 Å². The number of rotatable bonds is 4. The molecule has 2 aliphatic rings. The molecule has 0 saturated carbocycles. The first-order valence-electron chi connectivity index (χ1n) is 12.2. The minimum atomic E-state index is -0.579. The van der Waals surface area contributed by atoms with Gasteiger partial charge in [-0.05, 0) is 36.1 Å². The standard InChI is InChI=1S/C29H32N4O2/c34-28-26(20-22-12-4-1-5-13-22)32-24-16-8-3-9-17-25(24)33-27(21-23-14-6-2-7-15-23)29(35)31-19-11-10-18-30-28/h1-9,12-17,26-27,32H,10-11,18-21H2,(H,30,34)(H,31,35)/t26-,27?/m0/s1. The molecule has 1 aliphatic heterocycles. The Labute approximate surface area is 206 Å². The highest BCUT2D eigenvalue weighted by Gasteiger charge is 2.24. The SMILES string of the molecule is O=C1NCCCCNC(=O)[C@H](Cc2ccccc2)NC2=CC=CC=CC2=NC1Cc1ccccc1. The Morgan fingerprint density at radius 3 is 2.06 bits per heavy atom. The molecule has 2 aromatic rings. The largest absolute Gasteiger partial charge is 0.372 e. The van der Waals surface area contributed by atoms with E-state index in [0.717, 1.165) is 24.0 Å². The normalized spacial score (nSPS) is 21.3. The Bertz CT molecular complexity index is 1120. The molecule has 0 bridgehead atoms. The van der Waals surface area contributed by atoms with Crippen LogP contribution in [0.1, 0.15) is 24.0 Å². The number of nitrogens with zero attached hydrogens (tertiary/aromatic N) is 1. The molecular formula is C29H32N4O2. The highest BCUT2D eigenvalue weighted by atomic mass is 16.2. The summed E-state index contributed by atoms with van der Waals surface area (Å²) in [5.74, 6) is -0.138. The summed E-state index contributed by atoms with van der Waals surface area (Å²) < 4.78 is 0. The second kappa shape index (κ2) is 12.5. The number of fused-ring (bicyclic) bond motifs is 1. The number of allylic oxidation sites excluding steroid dienone is 5. The zero-order valence-corrected chi connectivity index (χ0v) is 19.8. The highest BCUT2D eigenvalue weighted by Crippen LogP contribution is 2.13. The molecule has 2 amide bonds. The first-order chi connectivity index (χ1) is 17.2. The fraction of sp³-hybridized carbons (Fsp3) is 0.276. The van der Waals surface area contributed by atoms with Crippen LogP contribution in [-0.2, 0) is 22.4 Å². The number of carbonyl (C=O) groups is 2.